The molecule has 2 unspecified atom stereocenters. The van der Waals surface area contributed by atoms with Crippen molar-refractivity contribution in [2.24, 2.45) is 5.92 Å². The monoisotopic (exact) mass is 330 g/mol. The fourth-order valence-electron chi connectivity index (χ4n) is 2.31. The third kappa shape index (κ3) is 3.45. The third-order valence-corrected chi connectivity index (χ3v) is 4.13. The Hall–Kier alpha value is -0.0900. The zero-order valence-electron chi connectivity index (χ0n) is 9.79. The Balaban J connectivity index is 1.84. The zero-order valence-corrected chi connectivity index (χ0v) is 11.9. The Morgan fingerprint density at radius 2 is 1.88 bits per heavy atom. The van der Waals surface area contributed by atoms with Gasteiger partial charge in [-0.1, -0.05) is 31.9 Å². The maximum absolute atomic E-state index is 6.02. The van der Waals surface area contributed by atoms with E-state index in [2.05, 4.69) is 53.8 Å². The summed E-state index contributed by atoms with van der Waals surface area (Å²) in [4.78, 5) is 0. The van der Waals surface area contributed by atoms with Gasteiger partial charge in [0.25, 0.3) is 0 Å². The number of hydrogen-bond donors (Lipinski definition) is 0. The van der Waals surface area contributed by atoms with Crippen molar-refractivity contribution in [2.75, 3.05) is 0 Å². The molecule has 1 nitrogen and oxygen atoms in total. The molecule has 1 aromatic carbocycles. The Morgan fingerprint density at radius 3 is 2.56 bits per heavy atom. The molecule has 2 atom stereocenters. The predicted octanol–water partition coefficient (Wildman–Crippen LogP) is 4.39. The van der Waals surface area contributed by atoms with Gasteiger partial charge in [-0.3, -0.25) is 0 Å². The lowest BCUT2D eigenvalue weighted by Crippen LogP contribution is -2.25. The van der Waals surface area contributed by atoms with Crippen LogP contribution in [0.25, 0.3) is 0 Å². The molecule has 1 fully saturated rings. The topological polar surface area (TPSA) is 9.23 Å². The summed E-state index contributed by atoms with van der Waals surface area (Å²) in [5.41, 5.74) is 1.29. The summed E-state index contributed by atoms with van der Waals surface area (Å²) in [5, 5.41) is 0. The van der Waals surface area contributed by atoms with Crippen molar-refractivity contribution in [2.45, 2.75) is 45.3 Å². The summed E-state index contributed by atoms with van der Waals surface area (Å²) in [6, 6.07) is 8.61. The van der Waals surface area contributed by atoms with Crippen molar-refractivity contribution in [3.63, 3.8) is 0 Å². The third-order valence-electron chi connectivity index (χ3n) is 3.41. The van der Waals surface area contributed by atoms with E-state index in [0.717, 1.165) is 12.5 Å². The Morgan fingerprint density at radius 1 is 1.19 bits per heavy atom. The molecule has 2 heteroatoms. The SMILES string of the molecule is CC1CCCCC1OCc1ccc(I)cc1. The minimum absolute atomic E-state index is 0.480. The molecule has 88 valence electrons. The van der Waals surface area contributed by atoms with Crippen molar-refractivity contribution < 1.29 is 4.74 Å². The van der Waals surface area contributed by atoms with Gasteiger partial charge in [-0.25, -0.2) is 0 Å². The van der Waals surface area contributed by atoms with E-state index in [4.69, 9.17) is 4.74 Å². The second-order valence-corrected chi connectivity index (χ2v) is 5.98. The lowest BCUT2D eigenvalue weighted by molar-refractivity contribution is -0.0154. The lowest BCUT2D eigenvalue weighted by atomic mass is 9.88. The second kappa shape index (κ2) is 6.01. The molecular formula is C14H19IO. The van der Waals surface area contributed by atoms with Gasteiger partial charge in [0.05, 0.1) is 12.7 Å². The van der Waals surface area contributed by atoms with Gasteiger partial charge in [0.1, 0.15) is 0 Å². The minimum Gasteiger partial charge on any atom is -0.373 e. The molecule has 0 aliphatic heterocycles. The van der Waals surface area contributed by atoms with Crippen LogP contribution in [0.2, 0.25) is 0 Å². The van der Waals surface area contributed by atoms with Gasteiger partial charge in [0.2, 0.25) is 0 Å². The first-order valence-electron chi connectivity index (χ1n) is 6.12. The van der Waals surface area contributed by atoms with Crippen molar-refractivity contribution >= 4 is 22.6 Å². The average molecular weight is 330 g/mol. The van der Waals surface area contributed by atoms with Gasteiger partial charge < -0.3 is 4.74 Å². The Kier molecular flexibility index (Phi) is 4.65. The average Bonchev–Trinajstić information content (AvgIpc) is 2.30. The van der Waals surface area contributed by atoms with Gasteiger partial charge in [0.15, 0.2) is 0 Å². The van der Waals surface area contributed by atoms with E-state index < -0.39 is 0 Å². The van der Waals surface area contributed by atoms with Crippen molar-refractivity contribution in [3.8, 4) is 0 Å². The molecule has 0 N–H and O–H groups in total. The summed E-state index contributed by atoms with van der Waals surface area (Å²) < 4.78 is 7.30. The molecule has 0 radical (unpaired) electrons. The zero-order chi connectivity index (χ0) is 11.4. The molecule has 16 heavy (non-hydrogen) atoms. The van der Waals surface area contributed by atoms with E-state index in [0.29, 0.717) is 6.10 Å². The summed E-state index contributed by atoms with van der Waals surface area (Å²) in [6.45, 7) is 3.09. The molecule has 0 amide bonds. The number of benzene rings is 1. The first kappa shape index (κ1) is 12.4. The molecular weight excluding hydrogens is 311 g/mol. The van der Waals surface area contributed by atoms with E-state index in [1.54, 1.807) is 0 Å². The van der Waals surface area contributed by atoms with Gasteiger partial charge >= 0.3 is 0 Å². The molecule has 1 aliphatic carbocycles. The molecule has 0 spiro atoms. The van der Waals surface area contributed by atoms with Crippen LogP contribution in [0.5, 0.6) is 0 Å². The number of halogens is 1. The van der Waals surface area contributed by atoms with E-state index in [1.807, 2.05) is 0 Å². The van der Waals surface area contributed by atoms with Gasteiger partial charge in [-0.15, -0.1) is 0 Å². The second-order valence-electron chi connectivity index (χ2n) is 4.74. The van der Waals surface area contributed by atoms with E-state index in [-0.39, 0.29) is 0 Å². The first-order valence-corrected chi connectivity index (χ1v) is 7.19. The summed E-state index contributed by atoms with van der Waals surface area (Å²) in [7, 11) is 0. The highest BCUT2D eigenvalue weighted by Gasteiger charge is 2.21. The fourth-order valence-corrected chi connectivity index (χ4v) is 2.67. The predicted molar refractivity (Wildman–Crippen MR) is 75.4 cm³/mol. The molecule has 0 heterocycles. The smallest absolute Gasteiger partial charge is 0.0720 e. The molecule has 0 aromatic heterocycles. The van der Waals surface area contributed by atoms with Crippen molar-refractivity contribution in [1.82, 2.24) is 0 Å². The summed E-state index contributed by atoms with van der Waals surface area (Å²) in [6.07, 6.45) is 5.77. The summed E-state index contributed by atoms with van der Waals surface area (Å²) in [5.74, 6) is 0.734. The van der Waals surface area contributed by atoms with Gasteiger partial charge in [-0.05, 0) is 59.0 Å². The molecule has 2 rings (SSSR count). The van der Waals surface area contributed by atoms with Crippen LogP contribution in [-0.4, -0.2) is 6.10 Å². The normalized spacial score (nSPS) is 25.6. The largest absolute Gasteiger partial charge is 0.373 e. The lowest BCUT2D eigenvalue weighted by Gasteiger charge is -2.28. The van der Waals surface area contributed by atoms with E-state index in [9.17, 15) is 0 Å². The molecule has 1 aliphatic rings. The maximum atomic E-state index is 6.02. The molecule has 0 bridgehead atoms. The van der Waals surface area contributed by atoms with Crippen LogP contribution in [-0.2, 0) is 11.3 Å². The quantitative estimate of drug-likeness (QED) is 0.747. The van der Waals surface area contributed by atoms with Crippen molar-refractivity contribution in [1.29, 1.82) is 0 Å². The van der Waals surface area contributed by atoms with Crippen LogP contribution in [0, 0.1) is 9.49 Å². The van der Waals surface area contributed by atoms with Crippen LogP contribution < -0.4 is 0 Å². The number of hydrogen-bond acceptors (Lipinski definition) is 1. The Bertz CT molecular complexity index is 320. The molecule has 0 saturated heterocycles. The highest BCUT2D eigenvalue weighted by atomic mass is 127. The van der Waals surface area contributed by atoms with Gasteiger partial charge in [0, 0.05) is 3.57 Å². The summed E-state index contributed by atoms with van der Waals surface area (Å²) >= 11 is 2.33. The standard InChI is InChI=1S/C14H19IO/c1-11-4-2-3-5-14(11)16-10-12-6-8-13(15)9-7-12/h6-9,11,14H,2-5,10H2,1H3. The van der Waals surface area contributed by atoms with E-state index in [1.165, 1.54) is 34.8 Å². The molecule has 1 saturated carbocycles. The highest BCUT2D eigenvalue weighted by molar-refractivity contribution is 14.1. The van der Waals surface area contributed by atoms with Crippen molar-refractivity contribution in [3.05, 3.63) is 33.4 Å². The number of ether oxygens (including phenoxy) is 1. The van der Waals surface area contributed by atoms with Gasteiger partial charge in [-0.2, -0.15) is 0 Å². The first-order chi connectivity index (χ1) is 7.75. The minimum atomic E-state index is 0.480. The maximum Gasteiger partial charge on any atom is 0.0720 e. The van der Waals surface area contributed by atoms with Crippen LogP contribution >= 0.6 is 22.6 Å². The fraction of sp³-hybridized carbons (Fsp3) is 0.571. The van der Waals surface area contributed by atoms with Crippen LogP contribution in [0.15, 0.2) is 24.3 Å². The molecule has 1 aromatic rings. The van der Waals surface area contributed by atoms with Crippen LogP contribution in [0.4, 0.5) is 0 Å². The van der Waals surface area contributed by atoms with Crippen LogP contribution in [0.3, 0.4) is 0 Å². The van der Waals surface area contributed by atoms with E-state index >= 15 is 0 Å². The van der Waals surface area contributed by atoms with Crippen LogP contribution in [0.1, 0.15) is 38.2 Å². The Labute approximate surface area is 112 Å². The number of rotatable bonds is 3. The highest BCUT2D eigenvalue weighted by Crippen LogP contribution is 2.27.